The van der Waals surface area contributed by atoms with Crippen LogP contribution in [0.25, 0.3) is 0 Å². The molecule has 2 rings (SSSR count). The summed E-state index contributed by atoms with van der Waals surface area (Å²) in [6.45, 7) is 7.09. The van der Waals surface area contributed by atoms with Crippen LogP contribution in [0, 0.1) is 20.8 Å². The Morgan fingerprint density at radius 1 is 1.19 bits per heavy atom. The number of nitrogens with zero attached hydrogens (tertiary/aromatic N) is 2. The lowest BCUT2D eigenvalue weighted by Crippen LogP contribution is -2.08. The first kappa shape index (κ1) is 10.7. The zero-order valence-electron chi connectivity index (χ0n) is 9.99. The molecule has 3 heteroatoms. The molecule has 1 aromatic heterocycles. The van der Waals surface area contributed by atoms with E-state index in [0.29, 0.717) is 5.95 Å². The predicted octanol–water partition coefficient (Wildman–Crippen LogP) is 2.44. The molecule has 16 heavy (non-hydrogen) atoms. The third kappa shape index (κ3) is 1.81. The molecule has 0 aliphatic carbocycles. The van der Waals surface area contributed by atoms with Gasteiger partial charge in [-0.2, -0.15) is 0 Å². The summed E-state index contributed by atoms with van der Waals surface area (Å²) >= 11 is 0. The van der Waals surface area contributed by atoms with Gasteiger partial charge in [0, 0.05) is 5.69 Å². The van der Waals surface area contributed by atoms with Gasteiger partial charge in [-0.15, -0.1) is 0 Å². The molecule has 0 radical (unpaired) electrons. The van der Waals surface area contributed by atoms with Crippen LogP contribution in [0.15, 0.2) is 24.4 Å². The van der Waals surface area contributed by atoms with Gasteiger partial charge in [0.1, 0.15) is 0 Å². The third-order valence-corrected chi connectivity index (χ3v) is 3.05. The first-order valence-corrected chi connectivity index (χ1v) is 5.42. The van der Waals surface area contributed by atoms with Crippen LogP contribution < -0.4 is 5.73 Å². The molecule has 3 nitrogen and oxygen atoms in total. The van der Waals surface area contributed by atoms with Gasteiger partial charge >= 0.3 is 0 Å². The molecule has 0 fully saturated rings. The molecule has 0 saturated carbocycles. The number of nitrogens with two attached hydrogens (primary N) is 1. The number of nitrogen functional groups attached to an aromatic ring is 1. The maximum Gasteiger partial charge on any atom is 0.200 e. The number of imidazole rings is 1. The van der Waals surface area contributed by atoms with Gasteiger partial charge < -0.3 is 10.3 Å². The molecule has 0 atom stereocenters. The molecule has 2 N–H and O–H groups in total. The number of hydrogen-bond donors (Lipinski definition) is 1. The minimum atomic E-state index is 0.583. The van der Waals surface area contributed by atoms with Crippen molar-refractivity contribution in [2.45, 2.75) is 27.3 Å². The van der Waals surface area contributed by atoms with E-state index >= 15 is 0 Å². The normalized spacial score (nSPS) is 10.7. The van der Waals surface area contributed by atoms with Gasteiger partial charge in [-0.05, 0) is 37.5 Å². The highest BCUT2D eigenvalue weighted by atomic mass is 15.1. The van der Waals surface area contributed by atoms with Crippen LogP contribution in [0.3, 0.4) is 0 Å². The molecule has 0 bridgehead atoms. The van der Waals surface area contributed by atoms with E-state index in [1.165, 1.54) is 16.7 Å². The van der Waals surface area contributed by atoms with Crippen LogP contribution in [0.2, 0.25) is 0 Å². The lowest BCUT2D eigenvalue weighted by molar-refractivity contribution is 0.773. The summed E-state index contributed by atoms with van der Waals surface area (Å²) in [6, 6.07) is 6.34. The van der Waals surface area contributed by atoms with Gasteiger partial charge in [0.05, 0.1) is 12.7 Å². The molecular weight excluding hydrogens is 198 g/mol. The Balaban J connectivity index is 2.41. The van der Waals surface area contributed by atoms with E-state index in [1.807, 2.05) is 17.7 Å². The van der Waals surface area contributed by atoms with Gasteiger partial charge in [0.15, 0.2) is 0 Å². The first-order chi connectivity index (χ1) is 7.59. The van der Waals surface area contributed by atoms with Crippen molar-refractivity contribution < 1.29 is 0 Å². The molecule has 1 aromatic carbocycles. The highest BCUT2D eigenvalue weighted by Crippen LogP contribution is 2.17. The first-order valence-electron chi connectivity index (χ1n) is 5.42. The largest absolute Gasteiger partial charge is 0.369 e. The second-order valence-electron chi connectivity index (χ2n) is 4.21. The summed E-state index contributed by atoms with van der Waals surface area (Å²) in [7, 11) is 0. The monoisotopic (exact) mass is 215 g/mol. The maximum atomic E-state index is 5.84. The predicted molar refractivity (Wildman–Crippen MR) is 66.4 cm³/mol. The van der Waals surface area contributed by atoms with E-state index in [0.717, 1.165) is 12.2 Å². The fourth-order valence-corrected chi connectivity index (χ4v) is 1.94. The molecule has 0 saturated heterocycles. The van der Waals surface area contributed by atoms with E-state index in [2.05, 4.69) is 37.0 Å². The van der Waals surface area contributed by atoms with Gasteiger partial charge in [-0.1, -0.05) is 18.2 Å². The average Bonchev–Trinajstić information content (AvgIpc) is 2.54. The topological polar surface area (TPSA) is 43.8 Å². The fraction of sp³-hybridized carbons (Fsp3) is 0.308. The van der Waals surface area contributed by atoms with Gasteiger partial charge in [0.2, 0.25) is 5.95 Å². The zero-order valence-corrected chi connectivity index (χ0v) is 9.99. The summed E-state index contributed by atoms with van der Waals surface area (Å²) in [5.74, 6) is 0.583. The maximum absolute atomic E-state index is 5.84. The van der Waals surface area contributed by atoms with Gasteiger partial charge in [-0.25, -0.2) is 4.98 Å². The number of aromatic nitrogens is 2. The number of hydrogen-bond acceptors (Lipinski definition) is 2. The van der Waals surface area contributed by atoms with Crippen LogP contribution in [0.5, 0.6) is 0 Å². The molecule has 0 spiro atoms. The number of anilines is 1. The quantitative estimate of drug-likeness (QED) is 0.836. The number of benzene rings is 1. The highest BCUT2D eigenvalue weighted by Gasteiger charge is 2.07. The number of aryl methyl sites for hydroxylation is 3. The molecule has 2 aromatic rings. The van der Waals surface area contributed by atoms with Crippen molar-refractivity contribution >= 4 is 5.95 Å². The van der Waals surface area contributed by atoms with Crippen molar-refractivity contribution in [1.82, 2.24) is 9.55 Å². The van der Waals surface area contributed by atoms with E-state index in [4.69, 9.17) is 5.73 Å². The van der Waals surface area contributed by atoms with E-state index in [1.54, 1.807) is 0 Å². The molecule has 84 valence electrons. The number of rotatable bonds is 2. The third-order valence-electron chi connectivity index (χ3n) is 3.05. The summed E-state index contributed by atoms with van der Waals surface area (Å²) < 4.78 is 2.04. The van der Waals surface area contributed by atoms with Crippen molar-refractivity contribution in [2.24, 2.45) is 0 Å². The Labute approximate surface area is 95.9 Å². The van der Waals surface area contributed by atoms with Crippen LogP contribution in [-0.2, 0) is 6.54 Å². The lowest BCUT2D eigenvalue weighted by atomic mass is 10.0. The minimum Gasteiger partial charge on any atom is -0.369 e. The molecule has 0 aliphatic heterocycles. The lowest BCUT2D eigenvalue weighted by Gasteiger charge is -2.12. The van der Waals surface area contributed by atoms with Gasteiger partial charge in [-0.3, -0.25) is 0 Å². The summed E-state index contributed by atoms with van der Waals surface area (Å²) in [4.78, 5) is 4.11. The van der Waals surface area contributed by atoms with Gasteiger partial charge in [0.25, 0.3) is 0 Å². The molecule has 0 unspecified atom stereocenters. The second kappa shape index (κ2) is 4.00. The Kier molecular flexibility index (Phi) is 2.69. The Bertz CT molecular complexity index is 472. The van der Waals surface area contributed by atoms with Crippen LogP contribution >= 0.6 is 0 Å². The van der Waals surface area contributed by atoms with E-state index < -0.39 is 0 Å². The van der Waals surface area contributed by atoms with E-state index in [9.17, 15) is 0 Å². The summed E-state index contributed by atoms with van der Waals surface area (Å²) in [6.07, 6.45) is 1.81. The van der Waals surface area contributed by atoms with Crippen molar-refractivity contribution in [3.05, 3.63) is 46.8 Å². The van der Waals surface area contributed by atoms with Crippen molar-refractivity contribution in [1.29, 1.82) is 0 Å². The average molecular weight is 215 g/mol. The van der Waals surface area contributed by atoms with Crippen LogP contribution in [-0.4, -0.2) is 9.55 Å². The second-order valence-corrected chi connectivity index (χ2v) is 4.21. The molecule has 0 aliphatic rings. The molecular formula is C13H17N3. The zero-order chi connectivity index (χ0) is 11.7. The SMILES string of the molecule is Cc1cccc(C)c1Cn1c(C)cnc1N. The smallest absolute Gasteiger partial charge is 0.200 e. The fourth-order valence-electron chi connectivity index (χ4n) is 1.94. The van der Waals surface area contributed by atoms with Crippen molar-refractivity contribution in [3.63, 3.8) is 0 Å². The van der Waals surface area contributed by atoms with Crippen molar-refractivity contribution in [2.75, 3.05) is 5.73 Å². The van der Waals surface area contributed by atoms with E-state index in [-0.39, 0.29) is 0 Å². The Morgan fingerprint density at radius 2 is 1.81 bits per heavy atom. The molecule has 1 heterocycles. The Hall–Kier alpha value is -1.77. The highest BCUT2D eigenvalue weighted by molar-refractivity contribution is 5.35. The standard InChI is InChI=1S/C13H17N3/c1-9-5-4-6-10(2)12(9)8-16-11(3)7-15-13(16)14/h4-7H,8H2,1-3H3,(H2,14,15). The molecule has 0 amide bonds. The van der Waals surface area contributed by atoms with Crippen molar-refractivity contribution in [3.8, 4) is 0 Å². The minimum absolute atomic E-state index is 0.583. The summed E-state index contributed by atoms with van der Waals surface area (Å²) in [5.41, 5.74) is 10.9. The van der Waals surface area contributed by atoms with Crippen LogP contribution in [0.4, 0.5) is 5.95 Å². The Morgan fingerprint density at radius 3 is 2.31 bits per heavy atom. The summed E-state index contributed by atoms with van der Waals surface area (Å²) in [5, 5.41) is 0. The van der Waals surface area contributed by atoms with Crippen LogP contribution in [0.1, 0.15) is 22.4 Å².